The summed E-state index contributed by atoms with van der Waals surface area (Å²) in [7, 11) is 1.63. The zero-order valence-electron chi connectivity index (χ0n) is 14.3. The molecule has 1 unspecified atom stereocenters. The molecule has 2 heterocycles. The minimum Gasteiger partial charge on any atom is -0.383 e. The Kier molecular flexibility index (Phi) is 6.51. The summed E-state index contributed by atoms with van der Waals surface area (Å²) in [4.78, 5) is 41.4. The predicted octanol–water partition coefficient (Wildman–Crippen LogP) is -0.00260. The van der Waals surface area contributed by atoms with E-state index in [0.717, 1.165) is 16.9 Å². The molecule has 1 fully saturated rings. The quantitative estimate of drug-likeness (QED) is 0.358. The van der Waals surface area contributed by atoms with Crippen molar-refractivity contribution in [1.82, 2.24) is 15.5 Å². The normalized spacial score (nSPS) is 18.7. The summed E-state index contributed by atoms with van der Waals surface area (Å²) in [6.45, 7) is 2.33. The Labute approximate surface area is 150 Å². The van der Waals surface area contributed by atoms with Crippen LogP contribution in [0.1, 0.15) is 36.2 Å². The number of likely N-dealkylation sites (tertiary alicyclic amines) is 1. The number of hydrogen-bond donors (Lipinski definition) is 3. The van der Waals surface area contributed by atoms with Gasteiger partial charge in [0.05, 0.1) is 12.6 Å². The van der Waals surface area contributed by atoms with E-state index in [1.54, 1.807) is 7.05 Å². The summed E-state index contributed by atoms with van der Waals surface area (Å²) in [5.41, 5.74) is 6.63. The standard InChI is InChI=1S/C16H23N5O3S/c1-10(13-6-11(8-25-13)15(17)18-2)20-16(24)12-4-3-5-21(12)14(23)7-19-9-22/h6,8-10,12H,3-5,7H2,1-2H3,(H2,17,18)(H,19,22)(H,20,24)/t10-,12?/m1/s1. The Morgan fingerprint density at radius 2 is 2.32 bits per heavy atom. The smallest absolute Gasteiger partial charge is 0.243 e. The van der Waals surface area contributed by atoms with Crippen molar-refractivity contribution < 1.29 is 14.4 Å². The van der Waals surface area contributed by atoms with E-state index < -0.39 is 6.04 Å². The first kappa shape index (κ1) is 18.9. The Hall–Kier alpha value is -2.42. The van der Waals surface area contributed by atoms with Crippen molar-refractivity contribution in [3.05, 3.63) is 21.9 Å². The third-order valence-electron chi connectivity index (χ3n) is 4.15. The number of nitrogens with two attached hydrogens (primary N) is 1. The highest BCUT2D eigenvalue weighted by molar-refractivity contribution is 7.10. The van der Waals surface area contributed by atoms with Gasteiger partial charge in [-0.2, -0.15) is 0 Å². The van der Waals surface area contributed by atoms with Crippen LogP contribution in [0.15, 0.2) is 16.4 Å². The molecule has 1 aromatic rings. The average Bonchev–Trinajstić information content (AvgIpc) is 3.27. The van der Waals surface area contributed by atoms with Gasteiger partial charge in [0.15, 0.2) is 0 Å². The highest BCUT2D eigenvalue weighted by atomic mass is 32.1. The van der Waals surface area contributed by atoms with E-state index in [4.69, 9.17) is 5.73 Å². The highest BCUT2D eigenvalue weighted by Crippen LogP contribution is 2.23. The second-order valence-corrected chi connectivity index (χ2v) is 6.76. The monoisotopic (exact) mass is 365 g/mol. The second kappa shape index (κ2) is 8.61. The van der Waals surface area contributed by atoms with Crippen molar-refractivity contribution in [3.8, 4) is 0 Å². The molecule has 1 saturated heterocycles. The Morgan fingerprint density at radius 1 is 1.56 bits per heavy atom. The molecule has 3 amide bonds. The summed E-state index contributed by atoms with van der Waals surface area (Å²) in [6, 6.07) is 1.22. The molecule has 0 saturated carbocycles. The zero-order chi connectivity index (χ0) is 18.4. The van der Waals surface area contributed by atoms with E-state index in [1.807, 2.05) is 18.4 Å². The fourth-order valence-corrected chi connectivity index (χ4v) is 3.70. The molecule has 1 aliphatic rings. The molecule has 0 aliphatic carbocycles. The fourth-order valence-electron chi connectivity index (χ4n) is 2.79. The average molecular weight is 365 g/mol. The molecule has 0 aromatic carbocycles. The van der Waals surface area contributed by atoms with Gasteiger partial charge in [-0.25, -0.2) is 0 Å². The number of nitrogens with zero attached hydrogens (tertiary/aromatic N) is 2. The van der Waals surface area contributed by atoms with Gasteiger partial charge in [-0.05, 0) is 25.8 Å². The third kappa shape index (κ3) is 4.56. The summed E-state index contributed by atoms with van der Waals surface area (Å²) in [5.74, 6) is 0.0237. The molecule has 0 radical (unpaired) electrons. The first-order chi connectivity index (χ1) is 12.0. The van der Waals surface area contributed by atoms with Crippen LogP contribution in [0.25, 0.3) is 0 Å². The molecule has 25 heavy (non-hydrogen) atoms. The largest absolute Gasteiger partial charge is 0.383 e. The van der Waals surface area contributed by atoms with Gasteiger partial charge in [0.2, 0.25) is 18.2 Å². The SMILES string of the molecule is CN=C(N)c1csc([C@@H](C)NC(=O)C2CCCN2C(=O)CNC=O)c1. The molecule has 1 aliphatic heterocycles. The van der Waals surface area contributed by atoms with Crippen molar-refractivity contribution in [2.75, 3.05) is 20.1 Å². The molecule has 2 rings (SSSR count). The summed E-state index contributed by atoms with van der Waals surface area (Å²) < 4.78 is 0. The number of amides is 3. The lowest BCUT2D eigenvalue weighted by Crippen LogP contribution is -2.48. The van der Waals surface area contributed by atoms with Crippen LogP contribution < -0.4 is 16.4 Å². The number of carbonyl (C=O) groups excluding carboxylic acids is 3. The summed E-state index contributed by atoms with van der Waals surface area (Å²) >= 11 is 1.50. The maximum Gasteiger partial charge on any atom is 0.243 e. The van der Waals surface area contributed by atoms with E-state index in [2.05, 4.69) is 15.6 Å². The van der Waals surface area contributed by atoms with Gasteiger partial charge in [-0.15, -0.1) is 11.3 Å². The van der Waals surface area contributed by atoms with Crippen LogP contribution in [-0.4, -0.2) is 55.1 Å². The van der Waals surface area contributed by atoms with E-state index in [9.17, 15) is 14.4 Å². The van der Waals surface area contributed by atoms with E-state index in [1.165, 1.54) is 16.2 Å². The maximum atomic E-state index is 12.6. The number of carbonyl (C=O) groups is 3. The van der Waals surface area contributed by atoms with Gasteiger partial charge in [0, 0.05) is 29.4 Å². The maximum absolute atomic E-state index is 12.6. The van der Waals surface area contributed by atoms with E-state index >= 15 is 0 Å². The lowest BCUT2D eigenvalue weighted by molar-refractivity contribution is -0.138. The van der Waals surface area contributed by atoms with Crippen molar-refractivity contribution in [2.24, 2.45) is 10.7 Å². The molecule has 2 atom stereocenters. The van der Waals surface area contributed by atoms with Crippen molar-refractivity contribution in [2.45, 2.75) is 31.8 Å². The highest BCUT2D eigenvalue weighted by Gasteiger charge is 2.34. The Bertz CT molecular complexity index is 672. The van der Waals surface area contributed by atoms with Gasteiger partial charge < -0.3 is 21.3 Å². The van der Waals surface area contributed by atoms with Crippen LogP contribution in [0.3, 0.4) is 0 Å². The van der Waals surface area contributed by atoms with Crippen LogP contribution in [-0.2, 0) is 14.4 Å². The number of rotatable bonds is 7. The molecule has 0 spiro atoms. The minimum absolute atomic E-state index is 0.0905. The van der Waals surface area contributed by atoms with Gasteiger partial charge in [-0.3, -0.25) is 19.4 Å². The van der Waals surface area contributed by atoms with Crippen LogP contribution in [0.2, 0.25) is 0 Å². The van der Waals surface area contributed by atoms with Gasteiger partial charge in [-0.1, -0.05) is 0 Å². The second-order valence-electron chi connectivity index (χ2n) is 5.82. The van der Waals surface area contributed by atoms with Crippen LogP contribution >= 0.6 is 11.3 Å². The van der Waals surface area contributed by atoms with Crippen molar-refractivity contribution in [3.63, 3.8) is 0 Å². The predicted molar refractivity (Wildman–Crippen MR) is 96.3 cm³/mol. The molecule has 0 bridgehead atoms. The van der Waals surface area contributed by atoms with Gasteiger partial charge >= 0.3 is 0 Å². The topological polar surface area (TPSA) is 117 Å². The number of aliphatic imine (C=N–C) groups is 1. The molecular weight excluding hydrogens is 342 g/mol. The number of hydrogen-bond acceptors (Lipinski definition) is 5. The molecular formula is C16H23N5O3S. The van der Waals surface area contributed by atoms with Gasteiger partial charge in [0.25, 0.3) is 0 Å². The lowest BCUT2D eigenvalue weighted by Gasteiger charge is -2.25. The van der Waals surface area contributed by atoms with Crippen LogP contribution in [0.5, 0.6) is 0 Å². The Morgan fingerprint density at radius 3 is 3.00 bits per heavy atom. The third-order valence-corrected chi connectivity index (χ3v) is 5.27. The lowest BCUT2D eigenvalue weighted by atomic mass is 10.1. The molecule has 1 aromatic heterocycles. The Balaban J connectivity index is 1.99. The van der Waals surface area contributed by atoms with Crippen LogP contribution in [0, 0.1) is 0 Å². The van der Waals surface area contributed by atoms with E-state index in [0.29, 0.717) is 25.2 Å². The molecule has 9 heteroatoms. The zero-order valence-corrected chi connectivity index (χ0v) is 15.1. The molecule has 136 valence electrons. The van der Waals surface area contributed by atoms with Crippen molar-refractivity contribution >= 4 is 35.4 Å². The fraction of sp³-hybridized carbons (Fsp3) is 0.500. The number of amidine groups is 1. The summed E-state index contributed by atoms with van der Waals surface area (Å²) in [5, 5.41) is 7.20. The minimum atomic E-state index is -0.495. The van der Waals surface area contributed by atoms with Crippen molar-refractivity contribution in [1.29, 1.82) is 0 Å². The van der Waals surface area contributed by atoms with Gasteiger partial charge in [0.1, 0.15) is 11.9 Å². The number of thiophene rings is 1. The van der Waals surface area contributed by atoms with E-state index in [-0.39, 0.29) is 24.4 Å². The first-order valence-electron chi connectivity index (χ1n) is 8.05. The number of nitrogens with one attached hydrogen (secondary N) is 2. The summed E-state index contributed by atoms with van der Waals surface area (Å²) in [6.07, 6.45) is 1.87. The van der Waals surface area contributed by atoms with Crippen LogP contribution in [0.4, 0.5) is 0 Å². The first-order valence-corrected chi connectivity index (χ1v) is 8.93. The molecule has 4 N–H and O–H groups in total. The molecule has 8 nitrogen and oxygen atoms in total.